The molecule has 0 spiro atoms. The van der Waals surface area contributed by atoms with Crippen molar-refractivity contribution in [2.24, 2.45) is 5.92 Å². The number of nitrogens with one attached hydrogen (secondary N) is 1. The molecule has 1 aliphatic heterocycles. The van der Waals surface area contributed by atoms with Gasteiger partial charge in [-0.2, -0.15) is 13.2 Å². The molecule has 0 saturated carbocycles. The largest absolute Gasteiger partial charge is 0.405 e. The van der Waals surface area contributed by atoms with Gasteiger partial charge < -0.3 is 10.2 Å². The Morgan fingerprint density at radius 1 is 1.29 bits per heavy atom. The number of hydrogen-bond acceptors (Lipinski definition) is 2. The molecule has 1 fully saturated rings. The van der Waals surface area contributed by atoms with E-state index in [4.69, 9.17) is 11.6 Å². The van der Waals surface area contributed by atoms with Crippen molar-refractivity contribution < 1.29 is 22.8 Å². The first-order valence-corrected chi connectivity index (χ1v) is 7.99. The minimum Gasteiger partial charge on any atom is -0.347 e. The number of nitrogens with zero attached hydrogens (tertiary/aromatic N) is 1. The minimum atomic E-state index is -4.44. The average Bonchev–Trinajstić information content (AvgIpc) is 2.52. The van der Waals surface area contributed by atoms with Gasteiger partial charge in [0.25, 0.3) is 0 Å². The van der Waals surface area contributed by atoms with Crippen molar-refractivity contribution in [2.45, 2.75) is 25.4 Å². The predicted octanol–water partition coefficient (Wildman–Crippen LogP) is 2.80. The molecule has 0 unspecified atom stereocenters. The van der Waals surface area contributed by atoms with Crippen LogP contribution in [0, 0.1) is 5.92 Å². The maximum Gasteiger partial charge on any atom is 0.405 e. The van der Waals surface area contributed by atoms with Crippen LogP contribution in [0.4, 0.5) is 13.2 Å². The van der Waals surface area contributed by atoms with Crippen LogP contribution in [-0.4, -0.2) is 42.5 Å². The first kappa shape index (κ1) is 18.6. The number of alkyl halides is 3. The maximum absolute atomic E-state index is 12.2. The Labute approximate surface area is 143 Å². The number of likely N-dealkylation sites (tertiary alicyclic amines) is 1. The molecule has 1 heterocycles. The van der Waals surface area contributed by atoms with Crippen molar-refractivity contribution in [3.05, 3.63) is 34.9 Å². The highest BCUT2D eigenvalue weighted by molar-refractivity contribution is 6.30. The lowest BCUT2D eigenvalue weighted by molar-refractivity contribution is -0.145. The van der Waals surface area contributed by atoms with Crippen LogP contribution in [0.5, 0.6) is 0 Å². The van der Waals surface area contributed by atoms with Gasteiger partial charge in [-0.15, -0.1) is 0 Å². The van der Waals surface area contributed by atoms with Crippen molar-refractivity contribution in [3.63, 3.8) is 0 Å². The zero-order valence-electron chi connectivity index (χ0n) is 12.9. The molecule has 2 rings (SSSR count). The molecule has 1 aromatic rings. The van der Waals surface area contributed by atoms with Crippen LogP contribution in [0.15, 0.2) is 24.3 Å². The molecule has 24 heavy (non-hydrogen) atoms. The third-order valence-electron chi connectivity index (χ3n) is 3.92. The molecule has 1 aromatic carbocycles. The second kappa shape index (κ2) is 7.88. The summed E-state index contributed by atoms with van der Waals surface area (Å²) in [4.78, 5) is 25.3. The van der Waals surface area contributed by atoms with Gasteiger partial charge in [0.1, 0.15) is 6.54 Å². The SMILES string of the molecule is O=C(NCC(F)(F)F)[C@@H]1CCC(=O)N(CCc2ccc(Cl)cc2)C1. The summed E-state index contributed by atoms with van der Waals surface area (Å²) in [5.41, 5.74) is 0.996. The van der Waals surface area contributed by atoms with Crippen molar-refractivity contribution in [3.8, 4) is 0 Å². The van der Waals surface area contributed by atoms with E-state index >= 15 is 0 Å². The van der Waals surface area contributed by atoms with Crippen LogP contribution >= 0.6 is 11.6 Å². The lowest BCUT2D eigenvalue weighted by Gasteiger charge is -2.32. The summed E-state index contributed by atoms with van der Waals surface area (Å²) in [6.07, 6.45) is -3.39. The highest BCUT2D eigenvalue weighted by Crippen LogP contribution is 2.20. The van der Waals surface area contributed by atoms with E-state index in [0.29, 0.717) is 18.0 Å². The second-order valence-electron chi connectivity index (χ2n) is 5.78. The number of amides is 2. The van der Waals surface area contributed by atoms with E-state index < -0.39 is 24.5 Å². The van der Waals surface area contributed by atoms with E-state index in [1.807, 2.05) is 17.4 Å². The number of carbonyl (C=O) groups excluding carboxylic acids is 2. The molecular formula is C16H18ClF3N2O2. The van der Waals surface area contributed by atoms with Gasteiger partial charge in [0.05, 0.1) is 5.92 Å². The van der Waals surface area contributed by atoms with E-state index in [0.717, 1.165) is 5.56 Å². The number of benzene rings is 1. The molecule has 8 heteroatoms. The summed E-state index contributed by atoms with van der Waals surface area (Å²) in [7, 11) is 0. The lowest BCUT2D eigenvalue weighted by atomic mass is 9.96. The van der Waals surface area contributed by atoms with E-state index in [1.54, 1.807) is 12.1 Å². The fraction of sp³-hybridized carbons (Fsp3) is 0.500. The number of piperidine rings is 1. The third-order valence-corrected chi connectivity index (χ3v) is 4.17. The summed E-state index contributed by atoms with van der Waals surface area (Å²) in [5.74, 6) is -1.34. The van der Waals surface area contributed by atoms with Crippen molar-refractivity contribution in [1.82, 2.24) is 10.2 Å². The van der Waals surface area contributed by atoms with Gasteiger partial charge in [-0.05, 0) is 30.5 Å². The smallest absolute Gasteiger partial charge is 0.347 e. The van der Waals surface area contributed by atoms with Gasteiger partial charge in [0.2, 0.25) is 11.8 Å². The molecule has 0 aliphatic carbocycles. The minimum absolute atomic E-state index is 0.0798. The molecule has 1 saturated heterocycles. The predicted molar refractivity (Wildman–Crippen MR) is 83.5 cm³/mol. The second-order valence-corrected chi connectivity index (χ2v) is 6.22. The fourth-order valence-corrected chi connectivity index (χ4v) is 2.72. The number of carbonyl (C=O) groups is 2. The van der Waals surface area contributed by atoms with Gasteiger partial charge in [-0.3, -0.25) is 9.59 Å². The Balaban J connectivity index is 1.87. The molecule has 1 atom stereocenters. The van der Waals surface area contributed by atoms with Crippen LogP contribution < -0.4 is 5.32 Å². The van der Waals surface area contributed by atoms with Crippen LogP contribution in [0.25, 0.3) is 0 Å². The summed E-state index contributed by atoms with van der Waals surface area (Å²) >= 11 is 5.81. The van der Waals surface area contributed by atoms with E-state index in [9.17, 15) is 22.8 Å². The van der Waals surface area contributed by atoms with Crippen LogP contribution in [0.2, 0.25) is 5.02 Å². The summed E-state index contributed by atoms with van der Waals surface area (Å²) < 4.78 is 36.5. The highest BCUT2D eigenvalue weighted by Gasteiger charge is 2.33. The molecule has 4 nitrogen and oxygen atoms in total. The molecule has 0 radical (unpaired) electrons. The Hall–Kier alpha value is -1.76. The average molecular weight is 363 g/mol. The Morgan fingerprint density at radius 2 is 1.96 bits per heavy atom. The third kappa shape index (κ3) is 5.70. The Kier molecular flexibility index (Phi) is 6.10. The zero-order chi connectivity index (χ0) is 17.7. The summed E-state index contributed by atoms with van der Waals surface area (Å²) in [6, 6.07) is 7.21. The van der Waals surface area contributed by atoms with Crippen LogP contribution in [0.1, 0.15) is 18.4 Å². The van der Waals surface area contributed by atoms with Gasteiger partial charge in [-0.1, -0.05) is 23.7 Å². The van der Waals surface area contributed by atoms with Crippen molar-refractivity contribution >= 4 is 23.4 Å². The maximum atomic E-state index is 12.2. The van der Waals surface area contributed by atoms with Gasteiger partial charge in [0.15, 0.2) is 0 Å². The molecule has 0 bridgehead atoms. The normalized spacial score (nSPS) is 18.6. The van der Waals surface area contributed by atoms with Crippen molar-refractivity contribution in [2.75, 3.05) is 19.6 Å². The standard InChI is InChI=1S/C16H18ClF3N2O2/c17-13-4-1-11(2-5-13)7-8-22-9-12(3-6-14(22)23)15(24)21-10-16(18,19)20/h1-2,4-5,12H,3,6-10H2,(H,21,24)/t12-/m1/s1. The molecular weight excluding hydrogens is 345 g/mol. The van der Waals surface area contributed by atoms with Gasteiger partial charge >= 0.3 is 6.18 Å². The van der Waals surface area contributed by atoms with E-state index in [2.05, 4.69) is 0 Å². The summed E-state index contributed by atoms with van der Waals surface area (Å²) in [6.45, 7) is -0.777. The number of rotatable bonds is 5. The highest BCUT2D eigenvalue weighted by atomic mass is 35.5. The molecule has 2 amide bonds. The Morgan fingerprint density at radius 3 is 2.58 bits per heavy atom. The zero-order valence-corrected chi connectivity index (χ0v) is 13.7. The topological polar surface area (TPSA) is 49.4 Å². The van der Waals surface area contributed by atoms with Crippen LogP contribution in [-0.2, 0) is 16.0 Å². The van der Waals surface area contributed by atoms with E-state index in [1.165, 1.54) is 4.90 Å². The first-order valence-electron chi connectivity index (χ1n) is 7.61. The van der Waals surface area contributed by atoms with Crippen LogP contribution in [0.3, 0.4) is 0 Å². The monoisotopic (exact) mass is 362 g/mol. The lowest BCUT2D eigenvalue weighted by Crippen LogP contribution is -2.47. The van der Waals surface area contributed by atoms with E-state index in [-0.39, 0.29) is 25.3 Å². The summed E-state index contributed by atoms with van der Waals surface area (Å²) in [5, 5.41) is 2.51. The molecule has 1 N–H and O–H groups in total. The van der Waals surface area contributed by atoms with Gasteiger partial charge in [-0.25, -0.2) is 0 Å². The van der Waals surface area contributed by atoms with Crippen molar-refractivity contribution in [1.29, 1.82) is 0 Å². The molecule has 0 aromatic heterocycles. The molecule has 1 aliphatic rings. The molecule has 132 valence electrons. The number of hydrogen-bond donors (Lipinski definition) is 1. The number of halogens is 4. The van der Waals surface area contributed by atoms with Gasteiger partial charge in [0, 0.05) is 24.5 Å². The fourth-order valence-electron chi connectivity index (χ4n) is 2.59. The quantitative estimate of drug-likeness (QED) is 0.875. The first-order chi connectivity index (χ1) is 11.2. The Bertz CT molecular complexity index is 590.